The monoisotopic (exact) mass is 248 g/mol. The van der Waals surface area contributed by atoms with Crippen LogP contribution < -0.4 is 0 Å². The van der Waals surface area contributed by atoms with Gasteiger partial charge in [-0.1, -0.05) is 55.5 Å². The second-order valence-corrected chi connectivity index (χ2v) is 4.49. The Morgan fingerprint density at radius 1 is 0.895 bits per heavy atom. The molecule has 0 atom stereocenters. The summed E-state index contributed by atoms with van der Waals surface area (Å²) in [4.78, 5) is 0. The van der Waals surface area contributed by atoms with Crippen molar-refractivity contribution in [3.8, 4) is 16.9 Å². The zero-order chi connectivity index (χ0) is 13.1. The van der Waals surface area contributed by atoms with Gasteiger partial charge in [0.15, 0.2) is 0 Å². The van der Waals surface area contributed by atoms with Crippen LogP contribution in [0.1, 0.15) is 12.6 Å². The second kappa shape index (κ2) is 5.11. The molecule has 0 bridgehead atoms. The number of para-hydroxylation sites is 1. The third-order valence-electron chi connectivity index (χ3n) is 3.19. The van der Waals surface area contributed by atoms with E-state index in [9.17, 15) is 0 Å². The minimum absolute atomic E-state index is 0.944. The fraction of sp³-hybridized carbons (Fsp3) is 0.118. The minimum Gasteiger partial charge on any atom is -0.233 e. The molecule has 0 aliphatic heterocycles. The highest BCUT2D eigenvalue weighted by atomic mass is 15.3. The minimum atomic E-state index is 0.944. The molecule has 3 aromatic rings. The maximum atomic E-state index is 4.69. The molecule has 94 valence electrons. The highest BCUT2D eigenvalue weighted by Crippen LogP contribution is 2.23. The van der Waals surface area contributed by atoms with E-state index in [4.69, 9.17) is 5.10 Å². The topological polar surface area (TPSA) is 17.8 Å². The van der Waals surface area contributed by atoms with Crippen LogP contribution in [0.2, 0.25) is 0 Å². The molecule has 0 saturated heterocycles. The molecule has 0 aliphatic carbocycles. The predicted octanol–water partition coefficient (Wildman–Crippen LogP) is 4.10. The van der Waals surface area contributed by atoms with Crippen LogP contribution in [0.15, 0.2) is 66.7 Å². The van der Waals surface area contributed by atoms with Crippen molar-refractivity contribution in [2.75, 3.05) is 0 Å². The lowest BCUT2D eigenvalue weighted by Gasteiger charge is -2.07. The van der Waals surface area contributed by atoms with Crippen LogP contribution in [0, 0.1) is 0 Å². The maximum Gasteiger partial charge on any atom is 0.0743 e. The van der Waals surface area contributed by atoms with Gasteiger partial charge < -0.3 is 0 Å². The average molecular weight is 248 g/mol. The van der Waals surface area contributed by atoms with Crippen LogP contribution in [-0.2, 0) is 6.42 Å². The molecule has 0 unspecified atom stereocenters. The molecule has 2 nitrogen and oxygen atoms in total. The molecule has 19 heavy (non-hydrogen) atoms. The molecule has 1 heterocycles. The summed E-state index contributed by atoms with van der Waals surface area (Å²) in [5.41, 5.74) is 4.55. The van der Waals surface area contributed by atoms with E-state index in [2.05, 4.69) is 49.4 Å². The van der Waals surface area contributed by atoms with Crippen molar-refractivity contribution in [2.45, 2.75) is 13.3 Å². The Hall–Kier alpha value is -2.35. The summed E-state index contributed by atoms with van der Waals surface area (Å²) in [5, 5.41) is 4.69. The van der Waals surface area contributed by atoms with Gasteiger partial charge in [0.25, 0.3) is 0 Å². The van der Waals surface area contributed by atoms with Crippen molar-refractivity contribution in [1.29, 1.82) is 0 Å². The Morgan fingerprint density at radius 2 is 1.53 bits per heavy atom. The highest BCUT2D eigenvalue weighted by Gasteiger charge is 2.10. The molecule has 2 aromatic carbocycles. The molecule has 0 radical (unpaired) electrons. The summed E-state index contributed by atoms with van der Waals surface area (Å²) in [6, 6.07) is 22.8. The lowest BCUT2D eigenvalue weighted by atomic mass is 10.1. The standard InChI is InChI=1S/C17H16N2/c1-2-15-13-17(14-9-5-3-6-10-14)19(18-15)16-11-7-4-8-12-16/h3-13H,2H2,1H3. The molecular weight excluding hydrogens is 232 g/mol. The number of hydrogen-bond acceptors (Lipinski definition) is 1. The summed E-state index contributed by atoms with van der Waals surface area (Å²) in [6.45, 7) is 2.13. The molecule has 1 aromatic heterocycles. The van der Waals surface area contributed by atoms with Gasteiger partial charge >= 0.3 is 0 Å². The Kier molecular flexibility index (Phi) is 3.15. The lowest BCUT2D eigenvalue weighted by molar-refractivity contribution is 0.847. The summed E-state index contributed by atoms with van der Waals surface area (Å²) in [5.74, 6) is 0. The summed E-state index contributed by atoms with van der Waals surface area (Å²) >= 11 is 0. The average Bonchev–Trinajstić information content (AvgIpc) is 2.93. The van der Waals surface area contributed by atoms with Crippen molar-refractivity contribution in [3.05, 3.63) is 72.4 Å². The van der Waals surface area contributed by atoms with Crippen LogP contribution in [-0.4, -0.2) is 9.78 Å². The van der Waals surface area contributed by atoms with Gasteiger partial charge in [-0.3, -0.25) is 0 Å². The Balaban J connectivity index is 2.17. The van der Waals surface area contributed by atoms with E-state index in [0.29, 0.717) is 0 Å². The van der Waals surface area contributed by atoms with Gasteiger partial charge in [-0.05, 0) is 24.6 Å². The number of benzene rings is 2. The molecule has 0 fully saturated rings. The first-order valence-electron chi connectivity index (χ1n) is 6.58. The number of aromatic nitrogens is 2. The van der Waals surface area contributed by atoms with E-state index >= 15 is 0 Å². The predicted molar refractivity (Wildman–Crippen MR) is 78.4 cm³/mol. The molecule has 0 N–H and O–H groups in total. The largest absolute Gasteiger partial charge is 0.233 e. The second-order valence-electron chi connectivity index (χ2n) is 4.49. The van der Waals surface area contributed by atoms with E-state index in [1.54, 1.807) is 0 Å². The SMILES string of the molecule is CCc1cc(-c2ccccc2)n(-c2ccccc2)n1. The first kappa shape index (κ1) is 11.7. The number of rotatable bonds is 3. The summed E-state index contributed by atoms with van der Waals surface area (Å²) < 4.78 is 2.02. The highest BCUT2D eigenvalue weighted by molar-refractivity contribution is 5.62. The normalized spacial score (nSPS) is 10.6. The maximum absolute atomic E-state index is 4.69. The van der Waals surface area contributed by atoms with Crippen molar-refractivity contribution < 1.29 is 0 Å². The quantitative estimate of drug-likeness (QED) is 0.682. The molecular formula is C17H16N2. The summed E-state index contributed by atoms with van der Waals surface area (Å²) in [7, 11) is 0. The van der Waals surface area contributed by atoms with Gasteiger partial charge in [0.2, 0.25) is 0 Å². The first-order chi connectivity index (χ1) is 9.38. The Labute approximate surface area is 113 Å². The van der Waals surface area contributed by atoms with Crippen molar-refractivity contribution >= 4 is 0 Å². The molecule has 0 aliphatic rings. The van der Waals surface area contributed by atoms with E-state index in [0.717, 1.165) is 23.5 Å². The zero-order valence-corrected chi connectivity index (χ0v) is 11.0. The van der Waals surface area contributed by atoms with Gasteiger partial charge in [0.1, 0.15) is 0 Å². The van der Waals surface area contributed by atoms with Gasteiger partial charge in [0.05, 0.1) is 17.1 Å². The third kappa shape index (κ3) is 2.29. The Bertz CT molecular complexity index is 597. The van der Waals surface area contributed by atoms with E-state index in [-0.39, 0.29) is 0 Å². The fourth-order valence-corrected chi connectivity index (χ4v) is 2.18. The molecule has 0 saturated carbocycles. The lowest BCUT2D eigenvalue weighted by Crippen LogP contribution is -1.99. The van der Waals surface area contributed by atoms with Crippen molar-refractivity contribution in [2.24, 2.45) is 0 Å². The van der Waals surface area contributed by atoms with E-state index in [1.165, 1.54) is 5.56 Å². The smallest absolute Gasteiger partial charge is 0.0743 e. The van der Waals surface area contributed by atoms with Crippen LogP contribution in [0.3, 0.4) is 0 Å². The molecule has 3 rings (SSSR count). The number of hydrogen-bond donors (Lipinski definition) is 0. The van der Waals surface area contributed by atoms with Crippen molar-refractivity contribution in [1.82, 2.24) is 9.78 Å². The number of aryl methyl sites for hydroxylation is 1. The fourth-order valence-electron chi connectivity index (χ4n) is 2.18. The van der Waals surface area contributed by atoms with E-state index in [1.807, 2.05) is 28.9 Å². The van der Waals surface area contributed by atoms with E-state index < -0.39 is 0 Å². The summed E-state index contributed by atoms with van der Waals surface area (Å²) in [6.07, 6.45) is 0.944. The van der Waals surface area contributed by atoms with Gasteiger partial charge in [0, 0.05) is 5.56 Å². The van der Waals surface area contributed by atoms with Crippen LogP contribution in [0.5, 0.6) is 0 Å². The van der Waals surface area contributed by atoms with Crippen LogP contribution >= 0.6 is 0 Å². The van der Waals surface area contributed by atoms with Crippen molar-refractivity contribution in [3.63, 3.8) is 0 Å². The number of nitrogens with zero attached hydrogens (tertiary/aromatic N) is 2. The van der Waals surface area contributed by atoms with Crippen LogP contribution in [0.4, 0.5) is 0 Å². The van der Waals surface area contributed by atoms with Gasteiger partial charge in [-0.15, -0.1) is 0 Å². The zero-order valence-electron chi connectivity index (χ0n) is 11.0. The first-order valence-corrected chi connectivity index (χ1v) is 6.58. The molecule has 0 spiro atoms. The van der Waals surface area contributed by atoms with Gasteiger partial charge in [-0.25, -0.2) is 4.68 Å². The Morgan fingerprint density at radius 3 is 2.16 bits per heavy atom. The molecule has 0 amide bonds. The van der Waals surface area contributed by atoms with Gasteiger partial charge in [-0.2, -0.15) is 5.10 Å². The molecule has 2 heteroatoms. The third-order valence-corrected chi connectivity index (χ3v) is 3.19. The van der Waals surface area contributed by atoms with Crippen LogP contribution in [0.25, 0.3) is 16.9 Å².